The summed E-state index contributed by atoms with van der Waals surface area (Å²) >= 11 is 5.55. The highest BCUT2D eigenvalue weighted by atomic mass is 79.9. The monoisotopic (exact) mass is 344 g/mol. The fourth-order valence-electron chi connectivity index (χ4n) is 3.45. The number of nitrogens with zero attached hydrogens (tertiary/aromatic N) is 1. The number of hydrogen-bond donors (Lipinski definition) is 1. The fraction of sp³-hybridized carbons (Fsp3) is 0.733. The third-order valence-electron chi connectivity index (χ3n) is 4.54. The molecular weight excluding hydrogens is 320 g/mol. The number of likely N-dealkylation sites (N-methyl/N-ethyl adjacent to an activating group) is 2. The first-order valence-electron chi connectivity index (χ1n) is 7.23. The Balaban J connectivity index is 2.20. The van der Waals surface area contributed by atoms with Gasteiger partial charge in [0.15, 0.2) is 0 Å². The maximum atomic E-state index is 3.76. The molecule has 1 unspecified atom stereocenters. The molecule has 1 atom stereocenters. The zero-order chi connectivity index (χ0) is 13.9. The average Bonchev–Trinajstić information content (AvgIpc) is 2.99. The molecule has 1 aliphatic carbocycles. The second kappa shape index (κ2) is 6.70. The summed E-state index contributed by atoms with van der Waals surface area (Å²) in [5, 5.41) is 5.94. The van der Waals surface area contributed by atoms with E-state index in [0.29, 0.717) is 11.6 Å². The molecular formula is C15H25BrN2S. The van der Waals surface area contributed by atoms with Gasteiger partial charge in [-0.15, -0.1) is 11.3 Å². The first-order valence-corrected chi connectivity index (χ1v) is 8.90. The highest BCUT2D eigenvalue weighted by Gasteiger charge is 2.42. The Bertz CT molecular complexity index is 397. The molecule has 108 valence electrons. The van der Waals surface area contributed by atoms with Crippen molar-refractivity contribution < 1.29 is 0 Å². The summed E-state index contributed by atoms with van der Waals surface area (Å²) in [6.07, 6.45) is 6.50. The van der Waals surface area contributed by atoms with Gasteiger partial charge in [-0.3, -0.25) is 0 Å². The molecule has 0 radical (unpaired) electrons. The molecule has 1 aliphatic rings. The molecule has 1 fully saturated rings. The predicted octanol–water partition coefficient (Wildman–Crippen LogP) is 3.91. The summed E-state index contributed by atoms with van der Waals surface area (Å²) in [5.74, 6) is 0. The van der Waals surface area contributed by atoms with Gasteiger partial charge in [-0.05, 0) is 60.9 Å². The third kappa shape index (κ3) is 3.23. The van der Waals surface area contributed by atoms with Crippen molar-refractivity contribution in [3.8, 4) is 0 Å². The molecule has 1 saturated carbocycles. The third-order valence-corrected chi connectivity index (χ3v) is 6.49. The summed E-state index contributed by atoms with van der Waals surface area (Å²) in [5.41, 5.74) is 0.333. The molecule has 19 heavy (non-hydrogen) atoms. The van der Waals surface area contributed by atoms with Crippen LogP contribution >= 0.6 is 27.3 Å². The van der Waals surface area contributed by atoms with Gasteiger partial charge in [0.05, 0.1) is 0 Å². The van der Waals surface area contributed by atoms with Gasteiger partial charge in [0.2, 0.25) is 0 Å². The highest BCUT2D eigenvalue weighted by Crippen LogP contribution is 2.39. The van der Waals surface area contributed by atoms with E-state index in [1.165, 1.54) is 35.0 Å². The summed E-state index contributed by atoms with van der Waals surface area (Å²) in [4.78, 5) is 3.94. The molecule has 0 aliphatic heterocycles. The van der Waals surface area contributed by atoms with E-state index in [2.05, 4.69) is 58.6 Å². The topological polar surface area (TPSA) is 15.3 Å². The van der Waals surface area contributed by atoms with Crippen molar-refractivity contribution in [2.24, 2.45) is 0 Å². The molecule has 0 aromatic carbocycles. The largest absolute Gasteiger partial charge is 0.312 e. The summed E-state index contributed by atoms with van der Waals surface area (Å²) in [7, 11) is 4.50. The van der Waals surface area contributed by atoms with E-state index in [1.54, 1.807) is 0 Å². The highest BCUT2D eigenvalue weighted by molar-refractivity contribution is 9.10. The van der Waals surface area contributed by atoms with E-state index < -0.39 is 0 Å². The maximum Gasteiger partial charge on any atom is 0.0359 e. The Kier molecular flexibility index (Phi) is 5.46. The van der Waals surface area contributed by atoms with E-state index >= 15 is 0 Å². The van der Waals surface area contributed by atoms with Crippen LogP contribution in [-0.2, 0) is 6.42 Å². The van der Waals surface area contributed by atoms with Crippen molar-refractivity contribution in [2.75, 3.05) is 20.6 Å². The normalized spacial score (nSPS) is 20.1. The lowest BCUT2D eigenvalue weighted by Gasteiger charge is -2.43. The first-order chi connectivity index (χ1) is 9.10. The van der Waals surface area contributed by atoms with Crippen LogP contribution in [0.2, 0.25) is 0 Å². The number of nitrogens with one attached hydrogen (secondary N) is 1. The molecule has 1 N–H and O–H groups in total. The van der Waals surface area contributed by atoms with Crippen LogP contribution in [0.3, 0.4) is 0 Å². The van der Waals surface area contributed by atoms with Gasteiger partial charge in [-0.1, -0.05) is 19.8 Å². The lowest BCUT2D eigenvalue weighted by Crippen LogP contribution is -2.58. The Morgan fingerprint density at radius 2 is 2.11 bits per heavy atom. The lowest BCUT2D eigenvalue weighted by molar-refractivity contribution is 0.105. The van der Waals surface area contributed by atoms with Crippen LogP contribution in [0.25, 0.3) is 0 Å². The molecule has 0 amide bonds. The average molecular weight is 345 g/mol. The van der Waals surface area contributed by atoms with Crippen LogP contribution in [0.5, 0.6) is 0 Å². The van der Waals surface area contributed by atoms with Crippen LogP contribution < -0.4 is 5.32 Å². The Hall–Kier alpha value is 0.1000. The molecule has 1 aromatic rings. The molecule has 0 bridgehead atoms. The maximum absolute atomic E-state index is 3.76. The van der Waals surface area contributed by atoms with Crippen molar-refractivity contribution in [1.82, 2.24) is 10.2 Å². The van der Waals surface area contributed by atoms with Crippen molar-refractivity contribution >= 4 is 27.3 Å². The number of hydrogen-bond acceptors (Lipinski definition) is 3. The van der Waals surface area contributed by atoms with Gasteiger partial charge >= 0.3 is 0 Å². The quantitative estimate of drug-likeness (QED) is 0.841. The SMILES string of the molecule is CCNC(Cc1sccc1Br)C1(N(C)C)CCCC1. The predicted molar refractivity (Wildman–Crippen MR) is 88.1 cm³/mol. The zero-order valence-corrected chi connectivity index (χ0v) is 14.6. The van der Waals surface area contributed by atoms with Crippen LogP contribution in [0.15, 0.2) is 15.9 Å². The Morgan fingerprint density at radius 1 is 1.42 bits per heavy atom. The minimum Gasteiger partial charge on any atom is -0.312 e. The molecule has 0 spiro atoms. The van der Waals surface area contributed by atoms with Crippen LogP contribution in [-0.4, -0.2) is 37.1 Å². The molecule has 0 saturated heterocycles. The number of thiophene rings is 1. The van der Waals surface area contributed by atoms with E-state index in [0.717, 1.165) is 13.0 Å². The number of halogens is 1. The number of rotatable bonds is 6. The summed E-state index contributed by atoms with van der Waals surface area (Å²) < 4.78 is 1.27. The van der Waals surface area contributed by atoms with Crippen LogP contribution in [0.1, 0.15) is 37.5 Å². The molecule has 2 nitrogen and oxygen atoms in total. The Morgan fingerprint density at radius 3 is 2.58 bits per heavy atom. The van der Waals surface area contributed by atoms with Gasteiger partial charge in [0, 0.05) is 27.4 Å². The van der Waals surface area contributed by atoms with Gasteiger partial charge in [-0.25, -0.2) is 0 Å². The molecule has 1 aromatic heterocycles. The first kappa shape index (κ1) is 15.5. The van der Waals surface area contributed by atoms with Gasteiger partial charge in [0.1, 0.15) is 0 Å². The van der Waals surface area contributed by atoms with Gasteiger partial charge in [-0.2, -0.15) is 0 Å². The van der Waals surface area contributed by atoms with Crippen molar-refractivity contribution in [3.05, 3.63) is 20.8 Å². The smallest absolute Gasteiger partial charge is 0.0359 e. The van der Waals surface area contributed by atoms with E-state index in [-0.39, 0.29) is 0 Å². The second-order valence-electron chi connectivity index (χ2n) is 5.71. The Labute approximate surface area is 129 Å². The fourth-order valence-corrected chi connectivity index (χ4v) is 5.01. The van der Waals surface area contributed by atoms with Crippen LogP contribution in [0.4, 0.5) is 0 Å². The molecule has 2 rings (SSSR count). The zero-order valence-electron chi connectivity index (χ0n) is 12.2. The second-order valence-corrected chi connectivity index (χ2v) is 7.57. The standard InChI is InChI=1S/C15H25BrN2S/c1-4-17-14(11-13-12(16)7-10-19-13)15(18(2)3)8-5-6-9-15/h7,10,14,17H,4-6,8-9,11H2,1-3H3. The molecule has 4 heteroatoms. The van der Waals surface area contributed by atoms with Crippen LogP contribution in [0, 0.1) is 0 Å². The summed E-state index contributed by atoms with van der Waals surface area (Å²) in [6, 6.07) is 2.71. The van der Waals surface area contributed by atoms with Gasteiger partial charge < -0.3 is 10.2 Å². The van der Waals surface area contributed by atoms with Crippen molar-refractivity contribution in [2.45, 2.75) is 50.6 Å². The van der Waals surface area contributed by atoms with Crippen molar-refractivity contribution in [1.29, 1.82) is 0 Å². The minimum absolute atomic E-state index is 0.333. The van der Waals surface area contributed by atoms with E-state index in [4.69, 9.17) is 0 Å². The van der Waals surface area contributed by atoms with Gasteiger partial charge in [0.25, 0.3) is 0 Å². The molecule has 1 heterocycles. The van der Waals surface area contributed by atoms with E-state index in [1.807, 2.05) is 11.3 Å². The van der Waals surface area contributed by atoms with Crippen molar-refractivity contribution in [3.63, 3.8) is 0 Å². The van der Waals surface area contributed by atoms with E-state index in [9.17, 15) is 0 Å². The lowest BCUT2D eigenvalue weighted by atomic mass is 9.84. The summed E-state index contributed by atoms with van der Waals surface area (Å²) in [6.45, 7) is 3.26. The minimum atomic E-state index is 0.333.